The van der Waals surface area contributed by atoms with E-state index in [1.54, 1.807) is 0 Å². The van der Waals surface area contributed by atoms with Crippen molar-refractivity contribution in [2.24, 2.45) is 0 Å². The highest BCUT2D eigenvalue weighted by atomic mass is 35.5. The first-order chi connectivity index (χ1) is 14.1. The number of piperazine rings is 1. The van der Waals surface area contributed by atoms with E-state index in [4.69, 9.17) is 21.4 Å². The van der Waals surface area contributed by atoms with Gasteiger partial charge in [0, 0.05) is 32.7 Å². The summed E-state index contributed by atoms with van der Waals surface area (Å²) in [6.45, 7) is 6.08. The van der Waals surface area contributed by atoms with Crippen LogP contribution in [0.2, 0.25) is 5.28 Å². The number of aromatic nitrogens is 2. The van der Waals surface area contributed by atoms with Crippen molar-refractivity contribution in [1.29, 1.82) is 0 Å². The first-order valence-corrected chi connectivity index (χ1v) is 11.5. The smallest absolute Gasteiger partial charge is 0.348 e. The van der Waals surface area contributed by atoms with Crippen molar-refractivity contribution in [3.8, 4) is 0 Å². The predicted octanol–water partition coefficient (Wildman–Crippen LogP) is 3.26. The zero-order chi connectivity index (χ0) is 20.4. The molecule has 0 unspecified atom stereocenters. The zero-order valence-electron chi connectivity index (χ0n) is 16.7. The molecule has 0 aromatic carbocycles. The van der Waals surface area contributed by atoms with Crippen LogP contribution in [-0.2, 0) is 4.74 Å². The number of carbonyl (C=O) groups excluding carboxylic acids is 1. The number of carbonyl (C=O) groups is 1. The number of rotatable bonds is 5. The number of ether oxygens (including phenoxy) is 1. The second kappa shape index (κ2) is 9.12. The number of aryl methyl sites for hydroxylation is 1. The summed E-state index contributed by atoms with van der Waals surface area (Å²) in [5.41, 5.74) is 0.871. The molecule has 0 radical (unpaired) electrons. The maximum absolute atomic E-state index is 12.9. The Kier molecular flexibility index (Phi) is 6.53. The number of hydrogen-bond acceptors (Lipinski definition) is 8. The number of halogens is 1. The lowest BCUT2D eigenvalue weighted by molar-refractivity contribution is 0.0216. The van der Waals surface area contributed by atoms with Crippen molar-refractivity contribution in [3.05, 3.63) is 15.7 Å². The number of hydrogen-bond donors (Lipinski definition) is 1. The third-order valence-electron chi connectivity index (χ3n) is 5.84. The molecule has 29 heavy (non-hydrogen) atoms. The highest BCUT2D eigenvalue weighted by molar-refractivity contribution is 7.20. The van der Waals surface area contributed by atoms with Gasteiger partial charge >= 0.3 is 5.97 Å². The lowest BCUT2D eigenvalue weighted by Crippen LogP contribution is -2.47. The molecule has 7 nitrogen and oxygen atoms in total. The number of aliphatic hydroxyl groups is 1. The van der Waals surface area contributed by atoms with Crippen LogP contribution in [0.3, 0.4) is 0 Å². The fourth-order valence-corrected chi connectivity index (χ4v) is 5.50. The summed E-state index contributed by atoms with van der Waals surface area (Å²) in [6.07, 6.45) is 5.39. The molecule has 1 aliphatic carbocycles. The van der Waals surface area contributed by atoms with Gasteiger partial charge in [0.05, 0.1) is 12.0 Å². The Morgan fingerprint density at radius 3 is 2.62 bits per heavy atom. The average molecular weight is 439 g/mol. The van der Waals surface area contributed by atoms with E-state index in [2.05, 4.69) is 19.8 Å². The maximum atomic E-state index is 12.9. The van der Waals surface area contributed by atoms with Crippen LogP contribution in [0.25, 0.3) is 10.2 Å². The number of β-amino-alcohol motifs (C(OH)–C–C–N with tert-alkyl or cyclic N) is 1. The Morgan fingerprint density at radius 2 is 1.93 bits per heavy atom. The van der Waals surface area contributed by atoms with Gasteiger partial charge in [-0.1, -0.05) is 6.42 Å². The largest absolute Gasteiger partial charge is 0.458 e. The van der Waals surface area contributed by atoms with Gasteiger partial charge in [-0.15, -0.1) is 11.3 Å². The van der Waals surface area contributed by atoms with Gasteiger partial charge in [-0.2, -0.15) is 4.98 Å². The second-order valence-corrected chi connectivity index (χ2v) is 9.11. The van der Waals surface area contributed by atoms with Crippen LogP contribution in [0.5, 0.6) is 0 Å². The van der Waals surface area contributed by atoms with Crippen LogP contribution in [0.4, 0.5) is 5.82 Å². The Bertz CT molecular complexity index is 876. The van der Waals surface area contributed by atoms with E-state index < -0.39 is 0 Å². The molecule has 2 aliphatic rings. The van der Waals surface area contributed by atoms with E-state index in [1.807, 2.05) is 6.92 Å². The van der Waals surface area contributed by atoms with Gasteiger partial charge in [-0.05, 0) is 49.8 Å². The molecule has 1 saturated carbocycles. The summed E-state index contributed by atoms with van der Waals surface area (Å²) in [7, 11) is 0. The molecule has 0 amide bonds. The van der Waals surface area contributed by atoms with Crippen LogP contribution < -0.4 is 4.90 Å². The number of aliphatic hydroxyl groups excluding tert-OH is 1. The van der Waals surface area contributed by atoms with Crippen molar-refractivity contribution in [2.75, 3.05) is 44.2 Å². The molecule has 1 saturated heterocycles. The van der Waals surface area contributed by atoms with E-state index in [-0.39, 0.29) is 24.0 Å². The van der Waals surface area contributed by atoms with Gasteiger partial charge in [0.15, 0.2) is 0 Å². The van der Waals surface area contributed by atoms with E-state index in [0.29, 0.717) is 11.4 Å². The molecule has 2 aromatic heterocycles. The minimum absolute atomic E-state index is 0.0228. The van der Waals surface area contributed by atoms with E-state index >= 15 is 0 Å². The second-order valence-electron chi connectivity index (χ2n) is 7.77. The lowest BCUT2D eigenvalue weighted by atomic mass is 9.98. The number of esters is 1. The normalized spacial score (nSPS) is 19.1. The molecule has 0 bridgehead atoms. The minimum Gasteiger partial charge on any atom is -0.458 e. The summed E-state index contributed by atoms with van der Waals surface area (Å²) in [5.74, 6) is 0.529. The minimum atomic E-state index is -0.257. The maximum Gasteiger partial charge on any atom is 0.348 e. The van der Waals surface area contributed by atoms with Crippen molar-refractivity contribution in [3.63, 3.8) is 0 Å². The quantitative estimate of drug-likeness (QED) is 0.567. The summed E-state index contributed by atoms with van der Waals surface area (Å²) in [5, 5.41) is 10.2. The van der Waals surface area contributed by atoms with Gasteiger partial charge in [0.2, 0.25) is 5.28 Å². The predicted molar refractivity (Wildman–Crippen MR) is 115 cm³/mol. The van der Waals surface area contributed by atoms with Crippen molar-refractivity contribution in [1.82, 2.24) is 14.9 Å². The SMILES string of the molecule is Cc1c(C(=O)OC2CCCCC2)sc2nc(Cl)nc(N3CCN(CCO)CC3)c12. The topological polar surface area (TPSA) is 78.8 Å². The first-order valence-electron chi connectivity index (χ1n) is 10.3. The van der Waals surface area contributed by atoms with Crippen LogP contribution in [0.15, 0.2) is 0 Å². The van der Waals surface area contributed by atoms with Gasteiger partial charge < -0.3 is 14.7 Å². The van der Waals surface area contributed by atoms with E-state index in [1.165, 1.54) is 17.8 Å². The van der Waals surface area contributed by atoms with Crippen LogP contribution in [0.1, 0.15) is 47.3 Å². The number of fused-ring (bicyclic) bond motifs is 1. The van der Waals surface area contributed by atoms with Crippen LogP contribution in [-0.4, -0.2) is 71.4 Å². The molecule has 0 atom stereocenters. The standard InChI is InChI=1S/C20H27ClN4O3S/c1-13-15-17(25-9-7-24(8-10-25)11-12-26)22-20(21)23-18(15)29-16(13)19(27)28-14-5-3-2-4-6-14/h14,26H,2-12H2,1H3. The zero-order valence-corrected chi connectivity index (χ0v) is 18.3. The first kappa shape index (κ1) is 20.8. The fraction of sp³-hybridized carbons (Fsp3) is 0.650. The van der Waals surface area contributed by atoms with Crippen LogP contribution in [0, 0.1) is 6.92 Å². The fourth-order valence-electron chi connectivity index (χ4n) is 4.23. The van der Waals surface area contributed by atoms with E-state index in [0.717, 1.165) is 73.5 Å². The third-order valence-corrected chi connectivity index (χ3v) is 7.18. The molecule has 3 heterocycles. The molecule has 2 aromatic rings. The Labute approximate surface area is 179 Å². The summed E-state index contributed by atoms with van der Waals surface area (Å²) in [6, 6.07) is 0. The molecule has 158 valence electrons. The monoisotopic (exact) mass is 438 g/mol. The van der Waals surface area contributed by atoms with Crippen molar-refractivity contribution < 1.29 is 14.6 Å². The highest BCUT2D eigenvalue weighted by Crippen LogP contribution is 2.37. The Balaban J connectivity index is 1.60. The number of nitrogens with zero attached hydrogens (tertiary/aromatic N) is 4. The number of anilines is 1. The summed E-state index contributed by atoms with van der Waals surface area (Å²) in [4.78, 5) is 27.5. The Hall–Kier alpha value is -1.48. The van der Waals surface area contributed by atoms with Crippen LogP contribution >= 0.6 is 22.9 Å². The molecular formula is C20H27ClN4O3S. The lowest BCUT2D eigenvalue weighted by Gasteiger charge is -2.35. The number of thiophene rings is 1. The van der Waals surface area contributed by atoms with Gasteiger partial charge in [0.25, 0.3) is 0 Å². The van der Waals surface area contributed by atoms with Crippen molar-refractivity contribution in [2.45, 2.75) is 45.1 Å². The molecule has 4 rings (SSSR count). The molecule has 0 spiro atoms. The van der Waals surface area contributed by atoms with Crippen molar-refractivity contribution >= 4 is 44.9 Å². The van der Waals surface area contributed by atoms with Gasteiger partial charge in [-0.3, -0.25) is 4.90 Å². The highest BCUT2D eigenvalue weighted by Gasteiger charge is 2.27. The van der Waals surface area contributed by atoms with E-state index in [9.17, 15) is 4.79 Å². The molecule has 1 N–H and O–H groups in total. The third kappa shape index (κ3) is 4.50. The molecule has 9 heteroatoms. The average Bonchev–Trinajstić information content (AvgIpc) is 3.05. The van der Waals surface area contributed by atoms with Gasteiger partial charge in [0.1, 0.15) is 21.6 Å². The van der Waals surface area contributed by atoms with Gasteiger partial charge in [-0.25, -0.2) is 9.78 Å². The molecular weight excluding hydrogens is 412 g/mol. The molecule has 2 fully saturated rings. The summed E-state index contributed by atoms with van der Waals surface area (Å²) >= 11 is 7.56. The Morgan fingerprint density at radius 1 is 1.21 bits per heavy atom. The summed E-state index contributed by atoms with van der Waals surface area (Å²) < 4.78 is 5.79. The molecule has 1 aliphatic heterocycles.